The maximum Gasteiger partial charge on any atom is 0.339 e. The largest absolute Gasteiger partial charge is 0.497 e. The van der Waals surface area contributed by atoms with Gasteiger partial charge in [0.05, 0.1) is 46.4 Å². The summed E-state index contributed by atoms with van der Waals surface area (Å²) >= 11 is 6.47. The van der Waals surface area contributed by atoms with Gasteiger partial charge in [-0.25, -0.2) is 9.78 Å². The molecule has 2 fully saturated rings. The second kappa shape index (κ2) is 11.4. The molecule has 2 aliphatic rings. The van der Waals surface area contributed by atoms with Crippen LogP contribution >= 0.6 is 11.6 Å². The van der Waals surface area contributed by atoms with Gasteiger partial charge in [0.2, 0.25) is 11.8 Å². The number of para-hydroxylation sites is 1. The van der Waals surface area contributed by atoms with Gasteiger partial charge in [-0.05, 0) is 49.2 Å². The minimum Gasteiger partial charge on any atom is -0.497 e. The minimum absolute atomic E-state index is 0.137. The molecule has 42 heavy (non-hydrogen) atoms. The summed E-state index contributed by atoms with van der Waals surface area (Å²) in [4.78, 5) is 58.1. The highest BCUT2D eigenvalue weighted by atomic mass is 35.5. The van der Waals surface area contributed by atoms with Crippen molar-refractivity contribution < 1.29 is 28.7 Å². The first-order valence-corrected chi connectivity index (χ1v) is 14.2. The quantitative estimate of drug-likeness (QED) is 0.143. The lowest BCUT2D eigenvalue weighted by Gasteiger charge is -2.19. The number of nitrogens with zero attached hydrogens (tertiary/aromatic N) is 2. The number of esters is 1. The molecule has 0 bridgehead atoms. The molecule has 0 N–H and O–H groups in total. The molecule has 1 aliphatic carbocycles. The van der Waals surface area contributed by atoms with Gasteiger partial charge in [0, 0.05) is 16.5 Å². The van der Waals surface area contributed by atoms with E-state index in [4.69, 9.17) is 26.1 Å². The zero-order valence-electron chi connectivity index (χ0n) is 22.8. The van der Waals surface area contributed by atoms with E-state index in [-0.39, 0.29) is 35.0 Å². The van der Waals surface area contributed by atoms with Gasteiger partial charge in [-0.3, -0.25) is 19.3 Å². The number of hydrogen-bond donors (Lipinski definition) is 0. The Labute approximate surface area is 247 Å². The predicted octanol–water partition coefficient (Wildman–Crippen LogP) is 6.28. The summed E-state index contributed by atoms with van der Waals surface area (Å²) < 4.78 is 10.6. The highest BCUT2D eigenvalue weighted by Gasteiger charge is 2.48. The number of imide groups is 1. The fraction of sp³-hybridized carbons (Fsp3) is 0.242. The van der Waals surface area contributed by atoms with Crippen LogP contribution in [0.1, 0.15) is 46.4 Å². The molecule has 0 radical (unpaired) electrons. The van der Waals surface area contributed by atoms with Crippen LogP contribution < -0.4 is 9.64 Å². The number of anilines is 1. The van der Waals surface area contributed by atoms with Crippen LogP contribution in [0.25, 0.3) is 22.2 Å². The molecule has 0 spiro atoms. The number of Topliss-reactive ketones (excluding diaryl/α,β-unsaturated/α-hetero) is 1. The molecule has 8 nitrogen and oxygen atoms in total. The number of carbonyl (C=O) groups is 4. The van der Waals surface area contributed by atoms with Crippen molar-refractivity contribution in [1.29, 1.82) is 0 Å². The van der Waals surface area contributed by atoms with Crippen molar-refractivity contribution in [1.82, 2.24) is 4.98 Å². The number of pyridine rings is 1. The fourth-order valence-corrected chi connectivity index (χ4v) is 6.03. The van der Waals surface area contributed by atoms with Crippen LogP contribution in [0, 0.1) is 11.8 Å². The summed E-state index contributed by atoms with van der Waals surface area (Å²) in [6, 6.07) is 20.2. The van der Waals surface area contributed by atoms with Crippen LogP contribution in [-0.4, -0.2) is 42.3 Å². The number of ketones is 1. The molecule has 1 aliphatic heterocycles. The van der Waals surface area contributed by atoms with Gasteiger partial charge >= 0.3 is 5.97 Å². The highest BCUT2D eigenvalue weighted by Crippen LogP contribution is 2.40. The number of rotatable bonds is 7. The summed E-state index contributed by atoms with van der Waals surface area (Å²) in [5.74, 6) is -1.30. The summed E-state index contributed by atoms with van der Waals surface area (Å²) in [7, 11) is 1.51. The van der Waals surface area contributed by atoms with Crippen LogP contribution in [0.4, 0.5) is 5.69 Å². The second-order valence-corrected chi connectivity index (χ2v) is 10.9. The van der Waals surface area contributed by atoms with E-state index < -0.39 is 12.6 Å². The van der Waals surface area contributed by atoms with Gasteiger partial charge in [-0.1, -0.05) is 60.8 Å². The van der Waals surface area contributed by atoms with Gasteiger partial charge in [0.25, 0.3) is 0 Å². The molecule has 1 aromatic heterocycles. The Balaban J connectivity index is 1.28. The third-order valence-corrected chi connectivity index (χ3v) is 8.30. The summed E-state index contributed by atoms with van der Waals surface area (Å²) in [5.41, 5.74) is 2.58. The fourth-order valence-electron chi connectivity index (χ4n) is 5.82. The van der Waals surface area contributed by atoms with Crippen molar-refractivity contribution in [2.24, 2.45) is 11.8 Å². The first-order valence-electron chi connectivity index (χ1n) is 13.8. The topological polar surface area (TPSA) is 103 Å². The average molecular weight is 583 g/mol. The van der Waals surface area contributed by atoms with Crippen LogP contribution in [0.2, 0.25) is 5.02 Å². The maximum absolute atomic E-state index is 13.3. The highest BCUT2D eigenvalue weighted by molar-refractivity contribution is 6.35. The molecule has 4 aromatic rings. The van der Waals surface area contributed by atoms with Crippen molar-refractivity contribution in [3.05, 3.63) is 88.9 Å². The summed E-state index contributed by atoms with van der Waals surface area (Å²) in [5, 5.41) is 0.834. The second-order valence-electron chi connectivity index (χ2n) is 10.5. The Morgan fingerprint density at radius 1 is 0.929 bits per heavy atom. The Morgan fingerprint density at radius 2 is 1.62 bits per heavy atom. The van der Waals surface area contributed by atoms with Gasteiger partial charge in [0.15, 0.2) is 12.4 Å². The Bertz CT molecular complexity index is 1710. The lowest BCUT2D eigenvalue weighted by molar-refractivity contribution is -0.122. The van der Waals surface area contributed by atoms with Crippen molar-refractivity contribution in [3.8, 4) is 17.0 Å². The van der Waals surface area contributed by atoms with E-state index in [1.165, 1.54) is 12.0 Å². The van der Waals surface area contributed by atoms with Crippen molar-refractivity contribution in [2.75, 3.05) is 18.6 Å². The molecular weight excluding hydrogens is 556 g/mol. The first kappa shape index (κ1) is 27.6. The lowest BCUT2D eigenvalue weighted by Crippen LogP contribution is -2.30. The number of methoxy groups -OCH3 is 1. The monoisotopic (exact) mass is 582 g/mol. The lowest BCUT2D eigenvalue weighted by atomic mass is 9.81. The minimum atomic E-state index is -0.699. The maximum atomic E-state index is 13.3. The number of fused-ring (bicyclic) bond motifs is 2. The number of hydrogen-bond acceptors (Lipinski definition) is 7. The number of ether oxygens (including phenoxy) is 2. The van der Waals surface area contributed by atoms with E-state index in [0.717, 1.165) is 25.7 Å². The van der Waals surface area contributed by atoms with Crippen molar-refractivity contribution >= 4 is 51.8 Å². The molecule has 2 unspecified atom stereocenters. The third kappa shape index (κ3) is 5.03. The van der Waals surface area contributed by atoms with Crippen LogP contribution in [0.5, 0.6) is 5.75 Å². The Morgan fingerprint density at radius 3 is 2.31 bits per heavy atom. The SMILES string of the molecule is COc1cccc(C(=O)COC(=O)c2cc(-c3ccc(N4C(=O)C5CCCCC5C4=O)cc3)nc3c(Cl)cccc23)c1. The summed E-state index contributed by atoms with van der Waals surface area (Å²) in [6.07, 6.45) is 3.41. The van der Waals surface area contributed by atoms with E-state index in [2.05, 4.69) is 0 Å². The molecular formula is C33H27ClN2O6. The number of benzene rings is 3. The zero-order chi connectivity index (χ0) is 29.4. The molecule has 2 heterocycles. The van der Waals surface area contributed by atoms with Crippen LogP contribution in [0.3, 0.4) is 0 Å². The third-order valence-electron chi connectivity index (χ3n) is 8.00. The predicted molar refractivity (Wildman–Crippen MR) is 158 cm³/mol. The van der Waals surface area contributed by atoms with Crippen molar-refractivity contribution in [2.45, 2.75) is 25.7 Å². The van der Waals surface area contributed by atoms with E-state index in [1.807, 2.05) is 0 Å². The van der Waals surface area contributed by atoms with Crippen molar-refractivity contribution in [3.63, 3.8) is 0 Å². The van der Waals surface area contributed by atoms with Gasteiger partial charge in [-0.2, -0.15) is 0 Å². The number of halogens is 1. The molecule has 6 rings (SSSR count). The van der Waals surface area contributed by atoms with Gasteiger partial charge < -0.3 is 9.47 Å². The normalized spacial score (nSPS) is 18.2. The van der Waals surface area contributed by atoms with Crippen LogP contribution in [0.15, 0.2) is 72.8 Å². The van der Waals surface area contributed by atoms with E-state index in [0.29, 0.717) is 44.2 Å². The van der Waals surface area contributed by atoms with E-state index in [9.17, 15) is 19.2 Å². The molecule has 212 valence electrons. The Hall–Kier alpha value is -4.56. The standard InChI is InChI=1S/C33H27ClN2O6/c1-41-22-7-4-6-20(16-22)29(37)18-42-33(40)26-17-28(35-30-23(26)10-5-11-27(30)34)19-12-14-21(15-13-19)36-31(38)24-8-2-3-9-25(24)32(36)39/h4-7,10-17,24-25H,2-3,8-9,18H2,1H3. The smallest absolute Gasteiger partial charge is 0.339 e. The zero-order valence-corrected chi connectivity index (χ0v) is 23.6. The molecule has 9 heteroatoms. The van der Waals surface area contributed by atoms with Gasteiger partial charge in [-0.15, -0.1) is 0 Å². The van der Waals surface area contributed by atoms with E-state index in [1.54, 1.807) is 72.8 Å². The molecule has 1 saturated carbocycles. The van der Waals surface area contributed by atoms with Gasteiger partial charge in [0.1, 0.15) is 5.75 Å². The molecule has 2 atom stereocenters. The Kier molecular flexibility index (Phi) is 7.47. The molecule has 1 saturated heterocycles. The molecule has 3 aromatic carbocycles. The number of aromatic nitrogens is 1. The molecule has 2 amide bonds. The number of carbonyl (C=O) groups excluding carboxylic acids is 4. The first-order chi connectivity index (χ1) is 20.4. The van der Waals surface area contributed by atoms with Crippen LogP contribution in [-0.2, 0) is 14.3 Å². The summed E-state index contributed by atoms with van der Waals surface area (Å²) in [6.45, 7) is -0.458. The van der Waals surface area contributed by atoms with E-state index >= 15 is 0 Å². The number of amides is 2. The average Bonchev–Trinajstić information content (AvgIpc) is 3.28.